The molecule has 1 aromatic rings. The second-order valence-corrected chi connectivity index (χ2v) is 9.29. The summed E-state index contributed by atoms with van der Waals surface area (Å²) in [6.07, 6.45) is 4.55. The van der Waals surface area contributed by atoms with Crippen LogP contribution < -0.4 is 5.73 Å². The summed E-state index contributed by atoms with van der Waals surface area (Å²) in [4.78, 5) is 28.4. The summed E-state index contributed by atoms with van der Waals surface area (Å²) in [6.45, 7) is 6.32. The maximum Gasteiger partial charge on any atom is 0.410 e. The normalized spacial score (nSPS) is 24.6. The SMILES string of the molecule is CN(C(=O)OC(C)(C)C)C1(c2ccccc2)CC(N(CC2CCC2)C(N)=O)C1. The fourth-order valence-corrected chi connectivity index (χ4v) is 4.27. The highest BCUT2D eigenvalue weighted by Gasteiger charge is 2.53. The number of nitrogens with two attached hydrogens (primary N) is 1. The molecule has 2 aliphatic carbocycles. The van der Waals surface area contributed by atoms with E-state index in [1.165, 1.54) is 6.42 Å². The lowest BCUT2D eigenvalue weighted by molar-refractivity contribution is -0.0493. The molecule has 2 saturated carbocycles. The zero-order chi connectivity index (χ0) is 20.5. The highest BCUT2D eigenvalue weighted by molar-refractivity contribution is 5.73. The lowest BCUT2D eigenvalue weighted by atomic mass is 9.66. The molecular formula is C22H33N3O3. The van der Waals surface area contributed by atoms with E-state index in [0.29, 0.717) is 18.8 Å². The van der Waals surface area contributed by atoms with E-state index in [1.54, 1.807) is 11.9 Å². The monoisotopic (exact) mass is 387 g/mol. The van der Waals surface area contributed by atoms with Gasteiger partial charge in [-0.3, -0.25) is 0 Å². The first-order chi connectivity index (χ1) is 13.1. The summed E-state index contributed by atoms with van der Waals surface area (Å²) in [6, 6.07) is 9.69. The number of hydrogen-bond donors (Lipinski definition) is 1. The summed E-state index contributed by atoms with van der Waals surface area (Å²) < 4.78 is 5.62. The van der Waals surface area contributed by atoms with Crippen LogP contribution in [0.2, 0.25) is 0 Å². The number of rotatable bonds is 5. The average Bonchev–Trinajstić information content (AvgIpc) is 2.53. The van der Waals surface area contributed by atoms with Gasteiger partial charge in [-0.05, 0) is 57.9 Å². The van der Waals surface area contributed by atoms with E-state index in [2.05, 4.69) is 0 Å². The van der Waals surface area contributed by atoms with Gasteiger partial charge in [0.25, 0.3) is 0 Å². The molecule has 3 amide bonds. The number of primary amides is 1. The average molecular weight is 388 g/mol. The zero-order valence-corrected chi connectivity index (χ0v) is 17.5. The van der Waals surface area contributed by atoms with Gasteiger partial charge in [0.1, 0.15) is 5.60 Å². The van der Waals surface area contributed by atoms with Crippen molar-refractivity contribution in [3.05, 3.63) is 35.9 Å². The van der Waals surface area contributed by atoms with Crippen molar-refractivity contribution in [3.8, 4) is 0 Å². The highest BCUT2D eigenvalue weighted by atomic mass is 16.6. The summed E-state index contributed by atoms with van der Waals surface area (Å²) in [5.41, 5.74) is 5.72. The Morgan fingerprint density at radius 1 is 1.18 bits per heavy atom. The summed E-state index contributed by atoms with van der Waals surface area (Å²) >= 11 is 0. The van der Waals surface area contributed by atoms with Crippen molar-refractivity contribution in [2.75, 3.05) is 13.6 Å². The molecule has 0 radical (unpaired) electrons. The Labute approximate surface area is 168 Å². The number of ether oxygens (including phenoxy) is 1. The first kappa shape index (κ1) is 20.5. The lowest BCUT2D eigenvalue weighted by Gasteiger charge is -2.56. The molecule has 2 aliphatic rings. The Hall–Kier alpha value is -2.24. The minimum absolute atomic E-state index is 0.0446. The quantitative estimate of drug-likeness (QED) is 0.827. The number of benzene rings is 1. The predicted octanol–water partition coefficient (Wildman–Crippen LogP) is 4.09. The van der Waals surface area contributed by atoms with Gasteiger partial charge >= 0.3 is 12.1 Å². The third-order valence-corrected chi connectivity index (χ3v) is 6.17. The van der Waals surface area contributed by atoms with Gasteiger partial charge in [-0.1, -0.05) is 36.8 Å². The fourth-order valence-electron chi connectivity index (χ4n) is 4.27. The van der Waals surface area contributed by atoms with Crippen LogP contribution in [0.25, 0.3) is 0 Å². The van der Waals surface area contributed by atoms with Gasteiger partial charge in [0.2, 0.25) is 0 Å². The smallest absolute Gasteiger partial charge is 0.410 e. The molecule has 6 nitrogen and oxygen atoms in total. The van der Waals surface area contributed by atoms with Crippen LogP contribution in [-0.4, -0.2) is 47.2 Å². The fraction of sp³-hybridized carbons (Fsp3) is 0.636. The van der Waals surface area contributed by atoms with Gasteiger partial charge in [-0.15, -0.1) is 0 Å². The maximum absolute atomic E-state index is 12.8. The van der Waals surface area contributed by atoms with Crippen molar-refractivity contribution in [3.63, 3.8) is 0 Å². The molecule has 2 fully saturated rings. The Morgan fingerprint density at radius 3 is 2.25 bits per heavy atom. The largest absolute Gasteiger partial charge is 0.444 e. The van der Waals surface area contributed by atoms with Gasteiger partial charge in [0.05, 0.1) is 5.54 Å². The van der Waals surface area contributed by atoms with Crippen molar-refractivity contribution in [2.45, 2.75) is 70.1 Å². The molecule has 0 aliphatic heterocycles. The predicted molar refractivity (Wildman–Crippen MR) is 109 cm³/mol. The van der Waals surface area contributed by atoms with E-state index in [0.717, 1.165) is 24.9 Å². The van der Waals surface area contributed by atoms with Crippen LogP contribution in [-0.2, 0) is 10.3 Å². The van der Waals surface area contributed by atoms with Gasteiger partial charge in [0.15, 0.2) is 0 Å². The van der Waals surface area contributed by atoms with Crippen LogP contribution in [0.5, 0.6) is 0 Å². The Morgan fingerprint density at radius 2 is 1.79 bits per heavy atom. The minimum atomic E-state index is -0.560. The molecule has 0 atom stereocenters. The van der Waals surface area contributed by atoms with Crippen LogP contribution in [0.15, 0.2) is 30.3 Å². The van der Waals surface area contributed by atoms with Crippen LogP contribution in [0.3, 0.4) is 0 Å². The van der Waals surface area contributed by atoms with Crippen molar-refractivity contribution < 1.29 is 14.3 Å². The summed E-state index contributed by atoms with van der Waals surface area (Å²) in [7, 11) is 1.79. The molecule has 1 aromatic carbocycles. The molecule has 3 rings (SSSR count). The van der Waals surface area contributed by atoms with E-state index in [1.807, 2.05) is 56.0 Å². The Balaban J connectivity index is 1.80. The van der Waals surface area contributed by atoms with Crippen LogP contribution >= 0.6 is 0 Å². The minimum Gasteiger partial charge on any atom is -0.444 e. The van der Waals surface area contributed by atoms with Crippen LogP contribution in [0.1, 0.15) is 58.4 Å². The Bertz CT molecular complexity index is 703. The van der Waals surface area contributed by atoms with Gasteiger partial charge < -0.3 is 20.3 Å². The molecule has 0 heterocycles. The molecule has 2 N–H and O–H groups in total. The highest BCUT2D eigenvalue weighted by Crippen LogP contribution is 2.49. The van der Waals surface area contributed by atoms with Crippen molar-refractivity contribution in [1.29, 1.82) is 0 Å². The molecular weight excluding hydrogens is 354 g/mol. The molecule has 6 heteroatoms. The molecule has 0 unspecified atom stereocenters. The maximum atomic E-state index is 12.8. The van der Waals surface area contributed by atoms with E-state index in [9.17, 15) is 9.59 Å². The number of amides is 3. The van der Waals surface area contributed by atoms with Gasteiger partial charge in [-0.25, -0.2) is 9.59 Å². The third kappa shape index (κ3) is 4.10. The van der Waals surface area contributed by atoms with Crippen LogP contribution in [0, 0.1) is 5.92 Å². The number of nitrogens with zero attached hydrogens (tertiary/aromatic N) is 2. The third-order valence-electron chi connectivity index (χ3n) is 6.17. The molecule has 0 saturated heterocycles. The van der Waals surface area contributed by atoms with E-state index < -0.39 is 11.1 Å². The first-order valence-corrected chi connectivity index (χ1v) is 10.2. The number of urea groups is 1. The summed E-state index contributed by atoms with van der Waals surface area (Å²) in [5.74, 6) is 0.558. The van der Waals surface area contributed by atoms with E-state index >= 15 is 0 Å². The second kappa shape index (κ2) is 7.64. The van der Waals surface area contributed by atoms with Crippen molar-refractivity contribution in [1.82, 2.24) is 9.80 Å². The van der Waals surface area contributed by atoms with Gasteiger partial charge in [-0.2, -0.15) is 0 Å². The number of carbonyl (C=O) groups is 2. The standard InChI is InChI=1S/C22H33N3O3/c1-21(2,3)28-20(27)24(4)22(17-11-6-5-7-12-17)13-18(14-22)25(19(23)26)15-16-9-8-10-16/h5-7,11-12,16,18H,8-10,13-15H2,1-4H3,(H2,23,26). The number of carbonyl (C=O) groups excluding carboxylic acids is 2. The van der Waals surface area contributed by atoms with E-state index in [-0.39, 0.29) is 18.2 Å². The molecule has 154 valence electrons. The first-order valence-electron chi connectivity index (χ1n) is 10.2. The molecule has 0 aromatic heterocycles. The topological polar surface area (TPSA) is 75.9 Å². The second-order valence-electron chi connectivity index (χ2n) is 9.29. The lowest BCUT2D eigenvalue weighted by Crippen LogP contribution is -2.64. The van der Waals surface area contributed by atoms with Crippen LogP contribution in [0.4, 0.5) is 9.59 Å². The summed E-state index contributed by atoms with van der Waals surface area (Å²) in [5, 5.41) is 0. The van der Waals surface area contributed by atoms with Crippen molar-refractivity contribution >= 4 is 12.1 Å². The zero-order valence-electron chi connectivity index (χ0n) is 17.5. The number of hydrogen-bond acceptors (Lipinski definition) is 3. The Kier molecular flexibility index (Phi) is 5.60. The molecule has 0 bridgehead atoms. The van der Waals surface area contributed by atoms with Gasteiger partial charge in [0, 0.05) is 19.6 Å². The molecule has 0 spiro atoms. The molecule has 28 heavy (non-hydrogen) atoms. The van der Waals surface area contributed by atoms with E-state index in [4.69, 9.17) is 10.5 Å². The van der Waals surface area contributed by atoms with Crippen molar-refractivity contribution in [2.24, 2.45) is 11.7 Å².